The highest BCUT2D eigenvalue weighted by atomic mass is 28.4. The van der Waals surface area contributed by atoms with Crippen molar-refractivity contribution >= 4 is 28.0 Å². The van der Waals surface area contributed by atoms with Crippen molar-refractivity contribution in [3.63, 3.8) is 0 Å². The summed E-state index contributed by atoms with van der Waals surface area (Å²) in [7, 11) is 0.243. The van der Waals surface area contributed by atoms with Crippen LogP contribution < -0.4 is 4.43 Å². The summed E-state index contributed by atoms with van der Waals surface area (Å²) in [5.74, 6) is 0.840. The molecule has 0 spiro atoms. The highest BCUT2D eigenvalue weighted by Crippen LogP contribution is 2.41. The predicted molar refractivity (Wildman–Crippen MR) is 106 cm³/mol. The smallest absolute Gasteiger partial charge is 0.508 e. The Kier molecular flexibility index (Phi) is 6.39. The number of pyridine rings is 1. The van der Waals surface area contributed by atoms with Crippen LogP contribution in [0.2, 0.25) is 19.6 Å². The van der Waals surface area contributed by atoms with E-state index in [4.69, 9.17) is 17.7 Å². The first kappa shape index (κ1) is 20.1. The number of hydrogen-bond acceptors (Lipinski definition) is 5. The van der Waals surface area contributed by atoms with E-state index in [1.165, 1.54) is 0 Å². The Morgan fingerprint density at radius 1 is 1.00 bits per heavy atom. The zero-order valence-electron chi connectivity index (χ0n) is 16.3. The summed E-state index contributed by atoms with van der Waals surface area (Å²) in [6.07, 6.45) is 2.62. The topological polar surface area (TPSA) is 49.8 Å². The maximum Gasteiger partial charge on any atom is 0.508 e. The molecule has 0 N–H and O–H groups in total. The van der Waals surface area contributed by atoms with Gasteiger partial charge in [-0.05, 0) is 32.1 Å². The van der Waals surface area contributed by atoms with Crippen LogP contribution in [0.1, 0.15) is 24.4 Å². The van der Waals surface area contributed by atoms with Crippen molar-refractivity contribution in [2.24, 2.45) is 0 Å². The van der Waals surface area contributed by atoms with Crippen molar-refractivity contribution in [3.05, 3.63) is 36.0 Å². The molecule has 1 aromatic carbocycles. The highest BCUT2D eigenvalue weighted by molar-refractivity contribution is 6.70. The summed E-state index contributed by atoms with van der Waals surface area (Å²) in [5, 5.41) is 1.06. The number of nitrogens with zero attached hydrogens (tertiary/aromatic N) is 1. The van der Waals surface area contributed by atoms with Gasteiger partial charge >= 0.3 is 8.80 Å². The molecule has 0 fully saturated rings. The fourth-order valence-electron chi connectivity index (χ4n) is 3.16. The first-order valence-electron chi connectivity index (χ1n) is 8.54. The maximum atomic E-state index is 6.49. The van der Waals surface area contributed by atoms with Gasteiger partial charge in [0.15, 0.2) is 0 Å². The molecule has 0 aliphatic carbocycles. The Bertz CT molecular complexity index is 706. The lowest BCUT2D eigenvalue weighted by Crippen LogP contribution is -2.49. The van der Waals surface area contributed by atoms with Crippen molar-refractivity contribution < 1.29 is 17.7 Å². The molecule has 0 amide bonds. The SMILES string of the molecule is CCC(c1ccc2cccnc2c1O[Si](C)(C)C)[Si](OC)(OC)OC. The third kappa shape index (κ3) is 4.12. The Morgan fingerprint density at radius 2 is 1.64 bits per heavy atom. The second kappa shape index (κ2) is 7.96. The van der Waals surface area contributed by atoms with E-state index >= 15 is 0 Å². The van der Waals surface area contributed by atoms with Crippen LogP contribution in [0.4, 0.5) is 0 Å². The van der Waals surface area contributed by atoms with Gasteiger partial charge in [-0.3, -0.25) is 4.98 Å². The normalized spacial score (nSPS) is 13.9. The summed E-state index contributed by atoms with van der Waals surface area (Å²) in [6.45, 7) is 8.64. The molecule has 5 nitrogen and oxygen atoms in total. The molecular weight excluding hydrogens is 350 g/mol. The molecule has 2 aromatic rings. The summed E-state index contributed by atoms with van der Waals surface area (Å²) in [6, 6.07) is 8.18. The molecule has 2 rings (SSSR count). The molecule has 0 aliphatic rings. The second-order valence-corrected chi connectivity index (χ2v) is 14.5. The van der Waals surface area contributed by atoms with E-state index in [1.807, 2.05) is 6.07 Å². The minimum absolute atomic E-state index is 0.0229. The lowest BCUT2D eigenvalue weighted by molar-refractivity contribution is 0.111. The average Bonchev–Trinajstić information content (AvgIpc) is 2.60. The van der Waals surface area contributed by atoms with E-state index in [0.717, 1.165) is 28.6 Å². The first-order chi connectivity index (χ1) is 11.8. The molecule has 0 aliphatic heterocycles. The number of aromatic nitrogens is 1. The quantitative estimate of drug-likeness (QED) is 0.638. The molecule has 138 valence electrons. The summed E-state index contributed by atoms with van der Waals surface area (Å²) < 4.78 is 23.8. The van der Waals surface area contributed by atoms with Crippen molar-refractivity contribution in [2.75, 3.05) is 21.3 Å². The third-order valence-electron chi connectivity index (χ3n) is 4.23. The van der Waals surface area contributed by atoms with E-state index in [0.29, 0.717) is 0 Å². The number of rotatable bonds is 8. The third-order valence-corrected chi connectivity index (χ3v) is 8.33. The summed E-state index contributed by atoms with van der Waals surface area (Å²) in [4.78, 5) is 4.59. The van der Waals surface area contributed by atoms with Gasteiger partial charge in [0.25, 0.3) is 0 Å². The van der Waals surface area contributed by atoms with Crippen LogP contribution in [0.5, 0.6) is 5.75 Å². The van der Waals surface area contributed by atoms with Gasteiger partial charge in [0.1, 0.15) is 11.3 Å². The number of fused-ring (bicyclic) bond motifs is 1. The zero-order chi connectivity index (χ0) is 18.7. The number of hydrogen-bond donors (Lipinski definition) is 0. The maximum absolute atomic E-state index is 6.49. The Labute approximate surface area is 152 Å². The van der Waals surface area contributed by atoms with Gasteiger partial charge in [-0.1, -0.05) is 25.1 Å². The second-order valence-electron chi connectivity index (χ2n) is 6.95. The van der Waals surface area contributed by atoms with Crippen molar-refractivity contribution in [3.8, 4) is 5.75 Å². The van der Waals surface area contributed by atoms with E-state index in [2.05, 4.69) is 49.7 Å². The van der Waals surface area contributed by atoms with Gasteiger partial charge in [0.05, 0.1) is 5.54 Å². The van der Waals surface area contributed by atoms with Crippen LogP contribution in [-0.2, 0) is 13.3 Å². The van der Waals surface area contributed by atoms with Gasteiger partial charge in [-0.25, -0.2) is 0 Å². The van der Waals surface area contributed by atoms with Crippen LogP contribution in [0.3, 0.4) is 0 Å². The van der Waals surface area contributed by atoms with Gasteiger partial charge in [0.2, 0.25) is 8.32 Å². The molecule has 0 bridgehead atoms. The Hall–Kier alpha value is -1.26. The van der Waals surface area contributed by atoms with Crippen LogP contribution in [0, 0.1) is 0 Å². The van der Waals surface area contributed by atoms with E-state index in [1.54, 1.807) is 27.5 Å². The van der Waals surface area contributed by atoms with Gasteiger partial charge < -0.3 is 17.7 Å². The molecule has 1 aromatic heterocycles. The fourth-order valence-corrected chi connectivity index (χ4v) is 6.45. The van der Waals surface area contributed by atoms with Gasteiger partial charge in [0, 0.05) is 38.5 Å². The minimum Gasteiger partial charge on any atom is -0.543 e. The Morgan fingerprint density at radius 3 is 2.16 bits per heavy atom. The molecule has 1 atom stereocenters. The molecule has 0 saturated carbocycles. The van der Waals surface area contributed by atoms with Crippen LogP contribution in [0.25, 0.3) is 10.9 Å². The molecule has 1 heterocycles. The predicted octanol–water partition coefficient (Wildman–Crippen LogP) is 4.36. The summed E-state index contributed by atoms with van der Waals surface area (Å²) >= 11 is 0. The van der Waals surface area contributed by atoms with Gasteiger partial charge in [-0.15, -0.1) is 0 Å². The van der Waals surface area contributed by atoms with Crippen molar-refractivity contribution in [2.45, 2.75) is 38.5 Å². The monoisotopic (exact) mass is 379 g/mol. The largest absolute Gasteiger partial charge is 0.543 e. The minimum atomic E-state index is -2.87. The Balaban J connectivity index is 2.72. The van der Waals surface area contributed by atoms with E-state index in [-0.39, 0.29) is 5.54 Å². The highest BCUT2D eigenvalue weighted by Gasteiger charge is 2.48. The van der Waals surface area contributed by atoms with Gasteiger partial charge in [-0.2, -0.15) is 0 Å². The standard InChI is InChI=1S/C18H29NO4Si2/c1-8-16(25(20-2,21-3)22-4)15-12-11-14-10-9-13-19-17(14)18(15)23-24(5,6)7/h9-13,16H,8H2,1-7H3. The molecule has 1 unspecified atom stereocenters. The van der Waals surface area contributed by atoms with Crippen molar-refractivity contribution in [1.82, 2.24) is 4.98 Å². The number of benzene rings is 1. The lowest BCUT2D eigenvalue weighted by Gasteiger charge is -2.34. The zero-order valence-corrected chi connectivity index (χ0v) is 18.3. The van der Waals surface area contributed by atoms with Crippen molar-refractivity contribution in [1.29, 1.82) is 0 Å². The molecule has 0 radical (unpaired) electrons. The van der Waals surface area contributed by atoms with Crippen LogP contribution >= 0.6 is 0 Å². The lowest BCUT2D eigenvalue weighted by atomic mass is 10.1. The first-order valence-corrected chi connectivity index (χ1v) is 13.7. The van der Waals surface area contributed by atoms with Crippen LogP contribution in [-0.4, -0.2) is 43.4 Å². The van der Waals surface area contributed by atoms with E-state index in [9.17, 15) is 0 Å². The molecule has 7 heteroatoms. The molecule has 0 saturated heterocycles. The summed E-state index contributed by atoms with van der Waals surface area (Å²) in [5.41, 5.74) is 1.91. The fraction of sp³-hybridized carbons (Fsp3) is 0.500. The molecule has 25 heavy (non-hydrogen) atoms. The van der Waals surface area contributed by atoms with E-state index < -0.39 is 17.1 Å². The van der Waals surface area contributed by atoms with Crippen LogP contribution in [0.15, 0.2) is 30.5 Å². The average molecular weight is 380 g/mol. The molecular formula is C18H29NO4Si2.